The molecular formula is C11H14F3N3O. The quantitative estimate of drug-likeness (QED) is 0.896. The Labute approximate surface area is 102 Å². The molecule has 1 fully saturated rings. The molecule has 0 radical (unpaired) electrons. The summed E-state index contributed by atoms with van der Waals surface area (Å²) in [5.41, 5.74) is -1.01. The smallest absolute Gasteiger partial charge is 0.391 e. The van der Waals surface area contributed by atoms with Crippen molar-refractivity contribution in [3.63, 3.8) is 0 Å². The predicted molar refractivity (Wildman–Crippen MR) is 59.0 cm³/mol. The number of likely N-dealkylation sites (N-methyl/N-ethyl adjacent to an activating group) is 1. The Balaban J connectivity index is 1.99. The summed E-state index contributed by atoms with van der Waals surface area (Å²) in [4.78, 5) is 1.61. The van der Waals surface area contributed by atoms with Gasteiger partial charge < -0.3 is 10.0 Å². The Bertz CT molecular complexity index is 403. The molecule has 0 aromatic carbocycles. The summed E-state index contributed by atoms with van der Waals surface area (Å²) >= 11 is 0. The first kappa shape index (κ1) is 13.1. The van der Waals surface area contributed by atoms with Gasteiger partial charge in [-0.15, -0.1) is 10.2 Å². The number of alkyl halides is 3. The van der Waals surface area contributed by atoms with E-state index in [0.717, 1.165) is 18.9 Å². The van der Waals surface area contributed by atoms with E-state index in [4.69, 9.17) is 0 Å². The molecule has 0 bridgehead atoms. The highest BCUT2D eigenvalue weighted by Gasteiger charge is 2.33. The number of aliphatic hydroxyl groups excluding tert-OH is 1. The monoisotopic (exact) mass is 261 g/mol. The van der Waals surface area contributed by atoms with Crippen molar-refractivity contribution in [3.05, 3.63) is 17.8 Å². The Morgan fingerprint density at radius 2 is 2.06 bits per heavy atom. The van der Waals surface area contributed by atoms with Gasteiger partial charge in [-0.05, 0) is 30.9 Å². The zero-order chi connectivity index (χ0) is 13.3. The van der Waals surface area contributed by atoms with Gasteiger partial charge in [0.15, 0.2) is 11.5 Å². The Kier molecular flexibility index (Phi) is 3.43. The SMILES string of the molecule is CN(CC(O)C1CC1)c1ccc(C(F)(F)F)nn1. The van der Waals surface area contributed by atoms with Crippen molar-refractivity contribution in [3.8, 4) is 0 Å². The Morgan fingerprint density at radius 3 is 2.50 bits per heavy atom. The third-order valence-corrected chi connectivity index (χ3v) is 2.96. The first-order valence-electron chi connectivity index (χ1n) is 5.68. The molecule has 1 aliphatic carbocycles. The van der Waals surface area contributed by atoms with E-state index in [2.05, 4.69) is 10.2 Å². The summed E-state index contributed by atoms with van der Waals surface area (Å²) in [5.74, 6) is 0.637. The minimum Gasteiger partial charge on any atom is -0.391 e. The van der Waals surface area contributed by atoms with E-state index in [1.54, 1.807) is 11.9 Å². The first-order chi connectivity index (χ1) is 8.38. The lowest BCUT2D eigenvalue weighted by atomic mass is 10.2. The largest absolute Gasteiger partial charge is 0.435 e. The van der Waals surface area contributed by atoms with Crippen molar-refractivity contribution in [2.75, 3.05) is 18.5 Å². The third kappa shape index (κ3) is 3.10. The minimum atomic E-state index is -4.47. The third-order valence-electron chi connectivity index (χ3n) is 2.96. The van der Waals surface area contributed by atoms with Gasteiger partial charge in [0.05, 0.1) is 6.10 Å². The molecule has 1 N–H and O–H groups in total. The average Bonchev–Trinajstić information content (AvgIpc) is 3.11. The molecule has 1 unspecified atom stereocenters. The molecular weight excluding hydrogens is 247 g/mol. The molecule has 1 aliphatic rings. The Morgan fingerprint density at radius 1 is 1.39 bits per heavy atom. The van der Waals surface area contributed by atoms with E-state index in [0.29, 0.717) is 18.3 Å². The van der Waals surface area contributed by atoms with Crippen LogP contribution in [-0.2, 0) is 6.18 Å². The van der Waals surface area contributed by atoms with Crippen molar-refractivity contribution in [2.24, 2.45) is 5.92 Å². The highest BCUT2D eigenvalue weighted by molar-refractivity contribution is 5.36. The maximum absolute atomic E-state index is 12.3. The van der Waals surface area contributed by atoms with E-state index in [1.165, 1.54) is 6.07 Å². The van der Waals surface area contributed by atoms with Gasteiger partial charge in [0.1, 0.15) is 0 Å². The molecule has 100 valence electrons. The maximum atomic E-state index is 12.3. The highest BCUT2D eigenvalue weighted by atomic mass is 19.4. The maximum Gasteiger partial charge on any atom is 0.435 e. The summed E-state index contributed by atoms with van der Waals surface area (Å²) in [7, 11) is 1.67. The standard InChI is InChI=1S/C11H14F3N3O/c1-17(6-8(18)7-2-3-7)10-5-4-9(15-16-10)11(12,13)14/h4-5,7-8,18H,2-3,6H2,1H3. The lowest BCUT2D eigenvalue weighted by Crippen LogP contribution is -2.31. The van der Waals surface area contributed by atoms with Gasteiger partial charge >= 0.3 is 6.18 Å². The number of halogens is 3. The molecule has 7 heteroatoms. The lowest BCUT2D eigenvalue weighted by molar-refractivity contribution is -0.141. The van der Waals surface area contributed by atoms with Crippen LogP contribution < -0.4 is 4.90 Å². The molecule has 1 heterocycles. The van der Waals surface area contributed by atoms with Gasteiger partial charge in [-0.1, -0.05) is 0 Å². The molecule has 1 atom stereocenters. The second-order valence-corrected chi connectivity index (χ2v) is 4.56. The highest BCUT2D eigenvalue weighted by Crippen LogP contribution is 2.33. The number of hydrogen-bond donors (Lipinski definition) is 1. The molecule has 1 saturated carbocycles. The number of anilines is 1. The van der Waals surface area contributed by atoms with Crippen molar-refractivity contribution >= 4 is 5.82 Å². The van der Waals surface area contributed by atoms with Crippen molar-refractivity contribution in [1.82, 2.24) is 10.2 Å². The zero-order valence-corrected chi connectivity index (χ0v) is 9.85. The second kappa shape index (κ2) is 4.72. The van der Waals surface area contributed by atoms with Crippen LogP contribution in [0.2, 0.25) is 0 Å². The molecule has 1 aromatic heterocycles. The van der Waals surface area contributed by atoms with Gasteiger partial charge in [0.25, 0.3) is 0 Å². The number of nitrogens with zero attached hydrogens (tertiary/aromatic N) is 3. The average molecular weight is 261 g/mol. The van der Waals surface area contributed by atoms with Gasteiger partial charge in [-0.3, -0.25) is 0 Å². The molecule has 0 saturated heterocycles. The van der Waals surface area contributed by atoms with Crippen LogP contribution in [0, 0.1) is 5.92 Å². The summed E-state index contributed by atoms with van der Waals surface area (Å²) in [6.45, 7) is 0.352. The molecule has 0 spiro atoms. The van der Waals surface area contributed by atoms with Crippen LogP contribution in [0.1, 0.15) is 18.5 Å². The van der Waals surface area contributed by atoms with Crippen LogP contribution in [0.4, 0.5) is 19.0 Å². The minimum absolute atomic E-state index is 0.315. The normalized spacial score (nSPS) is 17.6. The van der Waals surface area contributed by atoms with Crippen LogP contribution in [0.3, 0.4) is 0 Å². The first-order valence-corrected chi connectivity index (χ1v) is 5.68. The second-order valence-electron chi connectivity index (χ2n) is 4.56. The summed E-state index contributed by atoms with van der Waals surface area (Å²) in [6.07, 6.45) is -2.92. The van der Waals surface area contributed by atoms with E-state index < -0.39 is 18.0 Å². The van der Waals surface area contributed by atoms with Gasteiger partial charge in [0, 0.05) is 13.6 Å². The number of hydrogen-bond acceptors (Lipinski definition) is 4. The van der Waals surface area contributed by atoms with E-state index >= 15 is 0 Å². The van der Waals surface area contributed by atoms with E-state index in [-0.39, 0.29) is 0 Å². The van der Waals surface area contributed by atoms with Crippen LogP contribution >= 0.6 is 0 Å². The number of aliphatic hydroxyl groups is 1. The van der Waals surface area contributed by atoms with Gasteiger partial charge in [-0.25, -0.2) is 0 Å². The van der Waals surface area contributed by atoms with Crippen LogP contribution in [0.15, 0.2) is 12.1 Å². The van der Waals surface area contributed by atoms with Crippen molar-refractivity contribution in [2.45, 2.75) is 25.1 Å². The van der Waals surface area contributed by atoms with Crippen molar-refractivity contribution in [1.29, 1.82) is 0 Å². The van der Waals surface area contributed by atoms with Crippen LogP contribution in [0.5, 0.6) is 0 Å². The topological polar surface area (TPSA) is 49.2 Å². The van der Waals surface area contributed by atoms with E-state index in [9.17, 15) is 18.3 Å². The molecule has 4 nitrogen and oxygen atoms in total. The fourth-order valence-electron chi connectivity index (χ4n) is 1.68. The van der Waals surface area contributed by atoms with Crippen LogP contribution in [0.25, 0.3) is 0 Å². The summed E-state index contributed by atoms with van der Waals surface area (Å²) in [5, 5.41) is 16.4. The fourth-order valence-corrected chi connectivity index (χ4v) is 1.68. The Hall–Kier alpha value is -1.37. The fraction of sp³-hybridized carbons (Fsp3) is 0.636. The number of rotatable bonds is 4. The zero-order valence-electron chi connectivity index (χ0n) is 9.85. The molecule has 0 amide bonds. The van der Waals surface area contributed by atoms with Crippen LogP contribution in [-0.4, -0.2) is 35.0 Å². The summed E-state index contributed by atoms with van der Waals surface area (Å²) in [6, 6.07) is 2.15. The molecule has 0 aliphatic heterocycles. The van der Waals surface area contributed by atoms with E-state index in [1.807, 2.05) is 0 Å². The molecule has 1 aromatic rings. The lowest BCUT2D eigenvalue weighted by Gasteiger charge is -2.21. The van der Waals surface area contributed by atoms with Gasteiger partial charge in [-0.2, -0.15) is 13.2 Å². The number of aromatic nitrogens is 2. The summed E-state index contributed by atoms with van der Waals surface area (Å²) < 4.78 is 36.9. The van der Waals surface area contributed by atoms with Crippen molar-refractivity contribution < 1.29 is 18.3 Å². The molecule has 2 rings (SSSR count). The van der Waals surface area contributed by atoms with Gasteiger partial charge in [0.2, 0.25) is 0 Å². The predicted octanol–water partition coefficient (Wildman–Crippen LogP) is 1.70. The molecule has 18 heavy (non-hydrogen) atoms.